The molecule has 0 radical (unpaired) electrons. The molecule has 0 amide bonds. The van der Waals surface area contributed by atoms with Crippen LogP contribution in [0.15, 0.2) is 22.7 Å². The van der Waals surface area contributed by atoms with Crippen LogP contribution < -0.4 is 5.32 Å². The van der Waals surface area contributed by atoms with Gasteiger partial charge in [0, 0.05) is 21.5 Å². The van der Waals surface area contributed by atoms with Gasteiger partial charge in [0.2, 0.25) is 0 Å². The van der Waals surface area contributed by atoms with Gasteiger partial charge in [-0.25, -0.2) is 0 Å². The molecule has 0 saturated heterocycles. The molecule has 112 valence electrons. The monoisotopic (exact) mass is 367 g/mol. The van der Waals surface area contributed by atoms with Crippen LogP contribution in [-0.4, -0.2) is 17.0 Å². The lowest BCUT2D eigenvalue weighted by Crippen LogP contribution is -2.27. The first-order valence-electron chi connectivity index (χ1n) is 6.66. The zero-order chi connectivity index (χ0) is 14.8. The molecule has 1 aromatic carbocycles. The Hall–Kier alpha value is -0.360. The summed E-state index contributed by atoms with van der Waals surface area (Å²) in [7, 11) is 0. The van der Waals surface area contributed by atoms with Crippen LogP contribution in [0, 0.1) is 0 Å². The molecule has 1 saturated carbocycles. The van der Waals surface area contributed by atoms with Crippen LogP contribution in [0.3, 0.4) is 0 Å². The molecule has 0 spiro atoms. The third-order valence-corrected chi connectivity index (χ3v) is 5.28. The molecule has 1 N–H and O–H groups in total. The van der Waals surface area contributed by atoms with Crippen molar-refractivity contribution in [2.24, 2.45) is 0 Å². The van der Waals surface area contributed by atoms with Crippen molar-refractivity contribution in [3.63, 3.8) is 0 Å². The van der Waals surface area contributed by atoms with Crippen molar-refractivity contribution >= 4 is 33.4 Å². The van der Waals surface area contributed by atoms with Gasteiger partial charge in [-0.1, -0.05) is 29.3 Å². The molecule has 1 aliphatic rings. The van der Waals surface area contributed by atoms with Gasteiger partial charge in [0.15, 0.2) is 0 Å². The van der Waals surface area contributed by atoms with Crippen LogP contribution in [0.5, 0.6) is 0 Å². The highest BCUT2D eigenvalue weighted by Gasteiger charge is 2.35. The lowest BCUT2D eigenvalue weighted by Gasteiger charge is -2.23. The van der Waals surface area contributed by atoms with Gasteiger partial charge in [-0.2, -0.15) is 24.9 Å². The average Bonchev–Trinajstić information content (AvgIpc) is 2.76. The van der Waals surface area contributed by atoms with Crippen molar-refractivity contribution in [2.45, 2.75) is 43.7 Å². The molecular weight excluding hydrogens is 351 g/mol. The Morgan fingerprint density at radius 3 is 2.75 bits per heavy atom. The van der Waals surface area contributed by atoms with Crippen molar-refractivity contribution in [3.05, 3.63) is 28.2 Å². The van der Waals surface area contributed by atoms with E-state index in [2.05, 4.69) is 28.2 Å². The number of hydrogen-bond donors (Lipinski definition) is 1. The van der Waals surface area contributed by atoms with Crippen molar-refractivity contribution in [1.82, 2.24) is 0 Å². The molecule has 0 heterocycles. The number of thioether (sulfide) groups is 1. The second-order valence-corrected chi connectivity index (χ2v) is 7.30. The second kappa shape index (κ2) is 6.60. The Morgan fingerprint density at radius 1 is 1.35 bits per heavy atom. The Morgan fingerprint density at radius 2 is 2.10 bits per heavy atom. The second-order valence-electron chi connectivity index (χ2n) is 4.86. The Kier molecular flexibility index (Phi) is 5.29. The van der Waals surface area contributed by atoms with E-state index in [0.717, 1.165) is 31.1 Å². The van der Waals surface area contributed by atoms with E-state index >= 15 is 0 Å². The number of nitrogens with one attached hydrogen (secondary N) is 1. The highest BCUT2D eigenvalue weighted by atomic mass is 79.9. The number of anilines is 1. The maximum Gasteiger partial charge on any atom is 0.418 e. The van der Waals surface area contributed by atoms with Crippen molar-refractivity contribution in [3.8, 4) is 0 Å². The predicted octanol–water partition coefficient (Wildman–Crippen LogP) is 5.55. The Bertz CT molecular complexity index is 464. The van der Waals surface area contributed by atoms with Gasteiger partial charge < -0.3 is 5.32 Å². The Balaban J connectivity index is 2.22. The van der Waals surface area contributed by atoms with Gasteiger partial charge >= 0.3 is 6.18 Å². The van der Waals surface area contributed by atoms with Crippen LogP contribution in [0.2, 0.25) is 0 Å². The van der Waals surface area contributed by atoms with Crippen LogP contribution in [-0.2, 0) is 6.18 Å². The maximum absolute atomic E-state index is 13.0. The van der Waals surface area contributed by atoms with Crippen LogP contribution >= 0.6 is 27.7 Å². The third kappa shape index (κ3) is 3.85. The number of halogens is 4. The molecule has 0 aliphatic heterocycles. The van der Waals surface area contributed by atoms with E-state index in [1.54, 1.807) is 0 Å². The van der Waals surface area contributed by atoms with Crippen LogP contribution in [0.25, 0.3) is 0 Å². The minimum Gasteiger partial charge on any atom is -0.381 e. The lowest BCUT2D eigenvalue weighted by atomic mass is 10.1. The van der Waals surface area contributed by atoms with Crippen molar-refractivity contribution in [2.75, 3.05) is 11.1 Å². The molecule has 1 aliphatic carbocycles. The van der Waals surface area contributed by atoms with E-state index in [-0.39, 0.29) is 11.7 Å². The molecule has 0 bridgehead atoms. The quantitative estimate of drug-likeness (QED) is 0.747. The van der Waals surface area contributed by atoms with E-state index in [9.17, 15) is 13.2 Å². The number of hydrogen-bond acceptors (Lipinski definition) is 2. The summed E-state index contributed by atoms with van der Waals surface area (Å²) in [4.78, 5) is 0. The summed E-state index contributed by atoms with van der Waals surface area (Å²) in [6.07, 6.45) is -1.24. The normalized spacial score (nSPS) is 23.1. The largest absolute Gasteiger partial charge is 0.418 e. The van der Waals surface area contributed by atoms with Gasteiger partial charge in [0.1, 0.15) is 0 Å². The first kappa shape index (κ1) is 16.0. The molecular formula is C14H17BrF3NS. The predicted molar refractivity (Wildman–Crippen MR) is 82.3 cm³/mol. The fourth-order valence-corrected chi connectivity index (χ4v) is 4.15. The summed E-state index contributed by atoms with van der Waals surface area (Å²) in [5, 5.41) is 3.52. The molecule has 2 unspecified atom stereocenters. The van der Waals surface area contributed by atoms with Crippen LogP contribution in [0.1, 0.15) is 31.7 Å². The zero-order valence-corrected chi connectivity index (χ0v) is 13.5. The van der Waals surface area contributed by atoms with Crippen molar-refractivity contribution in [1.29, 1.82) is 0 Å². The van der Waals surface area contributed by atoms with Crippen molar-refractivity contribution < 1.29 is 13.2 Å². The topological polar surface area (TPSA) is 12.0 Å². The number of rotatable bonds is 4. The standard InChI is InChI=1S/C14H17BrF3NS/c1-2-20-13-5-3-4-11(13)19-12-8-9(15)6-7-10(12)14(16,17)18/h6-8,11,13,19H,2-5H2,1H3. The summed E-state index contributed by atoms with van der Waals surface area (Å²) in [6, 6.07) is 4.20. The summed E-state index contributed by atoms with van der Waals surface area (Å²) < 4.78 is 39.8. The minimum absolute atomic E-state index is 0.121. The summed E-state index contributed by atoms with van der Waals surface area (Å²) >= 11 is 5.07. The van der Waals surface area contributed by atoms with E-state index in [4.69, 9.17) is 0 Å². The van der Waals surface area contributed by atoms with E-state index in [1.807, 2.05) is 11.8 Å². The lowest BCUT2D eigenvalue weighted by molar-refractivity contribution is -0.137. The summed E-state index contributed by atoms with van der Waals surface area (Å²) in [6.45, 7) is 2.08. The number of benzene rings is 1. The molecule has 2 rings (SSSR count). The van der Waals surface area contributed by atoms with E-state index in [1.165, 1.54) is 12.1 Å². The fourth-order valence-electron chi connectivity index (χ4n) is 2.59. The zero-order valence-electron chi connectivity index (χ0n) is 11.1. The fraction of sp³-hybridized carbons (Fsp3) is 0.571. The average molecular weight is 368 g/mol. The van der Waals surface area contributed by atoms with Gasteiger partial charge in [-0.15, -0.1) is 0 Å². The molecule has 0 aromatic heterocycles. The number of alkyl halides is 3. The Labute approximate surface area is 129 Å². The van der Waals surface area contributed by atoms with Gasteiger partial charge in [-0.3, -0.25) is 0 Å². The highest BCUT2D eigenvalue weighted by Crippen LogP contribution is 2.39. The minimum atomic E-state index is -4.32. The molecule has 1 aromatic rings. The molecule has 1 nitrogen and oxygen atoms in total. The molecule has 2 atom stereocenters. The van der Waals surface area contributed by atoms with E-state index in [0.29, 0.717) is 9.72 Å². The van der Waals surface area contributed by atoms with Gasteiger partial charge in [0.05, 0.1) is 5.56 Å². The van der Waals surface area contributed by atoms with E-state index < -0.39 is 11.7 Å². The first-order chi connectivity index (χ1) is 9.41. The summed E-state index contributed by atoms with van der Waals surface area (Å²) in [5.41, 5.74) is -0.409. The molecule has 6 heteroatoms. The smallest absolute Gasteiger partial charge is 0.381 e. The molecule has 20 heavy (non-hydrogen) atoms. The first-order valence-corrected chi connectivity index (χ1v) is 8.51. The van der Waals surface area contributed by atoms with Crippen LogP contribution in [0.4, 0.5) is 18.9 Å². The summed E-state index contributed by atoms with van der Waals surface area (Å²) in [5.74, 6) is 0.994. The molecule has 1 fully saturated rings. The maximum atomic E-state index is 13.0. The highest BCUT2D eigenvalue weighted by molar-refractivity contribution is 9.10. The SMILES string of the molecule is CCSC1CCCC1Nc1cc(Br)ccc1C(F)(F)F. The third-order valence-electron chi connectivity index (χ3n) is 3.46. The van der Waals surface area contributed by atoms with Gasteiger partial charge in [-0.05, 0) is 36.8 Å². The van der Waals surface area contributed by atoms with Gasteiger partial charge in [0.25, 0.3) is 0 Å².